The number of hydrogen-bond donors (Lipinski definition) is 2. The summed E-state index contributed by atoms with van der Waals surface area (Å²) >= 11 is 0.895. The van der Waals surface area contributed by atoms with E-state index in [0.717, 1.165) is 36.2 Å². The predicted molar refractivity (Wildman–Crippen MR) is 96.4 cm³/mol. The van der Waals surface area contributed by atoms with Crippen molar-refractivity contribution in [1.29, 1.82) is 0 Å². The number of nitrogen functional groups attached to an aromatic ring is 1. The van der Waals surface area contributed by atoms with E-state index in [9.17, 15) is 14.4 Å². The van der Waals surface area contributed by atoms with Crippen molar-refractivity contribution in [3.63, 3.8) is 0 Å². The number of rotatable bonds is 3. The van der Waals surface area contributed by atoms with E-state index < -0.39 is 5.25 Å². The summed E-state index contributed by atoms with van der Waals surface area (Å²) in [4.78, 5) is 38.9. The van der Waals surface area contributed by atoms with Crippen molar-refractivity contribution >= 4 is 52.6 Å². The molecule has 2 aliphatic rings. The Morgan fingerprint density at radius 1 is 1.17 bits per heavy atom. The average Bonchev–Trinajstić information content (AvgIpc) is 2.86. The number of piperazine rings is 1. The van der Waals surface area contributed by atoms with Gasteiger partial charge >= 0.3 is 0 Å². The minimum absolute atomic E-state index is 0. The van der Waals surface area contributed by atoms with Gasteiger partial charge in [0, 0.05) is 44.0 Å². The Labute approximate surface area is 150 Å². The highest BCUT2D eigenvalue weighted by atomic mass is 35.5. The van der Waals surface area contributed by atoms with E-state index in [-0.39, 0.29) is 35.9 Å². The zero-order valence-electron chi connectivity index (χ0n) is 12.9. The molecule has 3 amide bonds. The monoisotopic (exact) mass is 370 g/mol. The van der Waals surface area contributed by atoms with Gasteiger partial charge in [-0.3, -0.25) is 19.7 Å². The smallest absolute Gasteiger partial charge is 0.286 e. The molecule has 24 heavy (non-hydrogen) atoms. The van der Waals surface area contributed by atoms with E-state index in [1.165, 1.54) is 0 Å². The Hall–Kier alpha value is -1.93. The fourth-order valence-electron chi connectivity index (χ4n) is 2.71. The minimum Gasteiger partial charge on any atom is -0.399 e. The number of amides is 3. The molecular weight excluding hydrogens is 352 g/mol. The van der Waals surface area contributed by atoms with Gasteiger partial charge in [-0.1, -0.05) is 11.8 Å². The first-order chi connectivity index (χ1) is 11.0. The Morgan fingerprint density at radius 2 is 1.79 bits per heavy atom. The summed E-state index contributed by atoms with van der Waals surface area (Å²) in [6.07, 6.45) is 0.0735. The van der Waals surface area contributed by atoms with Crippen molar-refractivity contribution in [1.82, 2.24) is 10.2 Å². The number of nitrogens with zero attached hydrogens (tertiary/aromatic N) is 2. The average molecular weight is 371 g/mol. The molecule has 9 heteroatoms. The van der Waals surface area contributed by atoms with Crippen molar-refractivity contribution in [2.45, 2.75) is 11.7 Å². The van der Waals surface area contributed by atoms with Crippen molar-refractivity contribution < 1.29 is 14.4 Å². The van der Waals surface area contributed by atoms with Gasteiger partial charge in [0.2, 0.25) is 11.8 Å². The maximum Gasteiger partial charge on any atom is 0.286 e. The zero-order chi connectivity index (χ0) is 16.4. The lowest BCUT2D eigenvalue weighted by molar-refractivity contribution is -0.133. The van der Waals surface area contributed by atoms with Gasteiger partial charge in [0.15, 0.2) is 0 Å². The molecule has 0 saturated carbocycles. The van der Waals surface area contributed by atoms with E-state index in [1.807, 2.05) is 24.3 Å². The topological polar surface area (TPSA) is 95.7 Å². The molecule has 3 rings (SSSR count). The summed E-state index contributed by atoms with van der Waals surface area (Å²) in [7, 11) is 0. The van der Waals surface area contributed by atoms with Crippen LogP contribution >= 0.6 is 24.2 Å². The standard InChI is InChI=1S/C15H18N4O3S.ClH/c16-10-1-3-11(4-2-10)18-5-7-19(8-6-18)13(20)9-12-14(21)17-15(22)23-12;/h1-4,12H,5-9,16H2,(H,17,21,22);1H. The van der Waals surface area contributed by atoms with Gasteiger partial charge in [-0.15, -0.1) is 12.4 Å². The fourth-order valence-corrected chi connectivity index (χ4v) is 3.52. The maximum atomic E-state index is 12.3. The third kappa shape index (κ3) is 4.12. The Bertz CT molecular complexity index is 632. The molecule has 7 nitrogen and oxygen atoms in total. The number of halogens is 1. The zero-order valence-corrected chi connectivity index (χ0v) is 14.6. The molecule has 1 unspecified atom stereocenters. The summed E-state index contributed by atoms with van der Waals surface area (Å²) in [6, 6.07) is 7.66. The lowest BCUT2D eigenvalue weighted by Crippen LogP contribution is -2.49. The quantitative estimate of drug-likeness (QED) is 0.773. The van der Waals surface area contributed by atoms with Gasteiger partial charge in [0.25, 0.3) is 5.24 Å². The third-order valence-electron chi connectivity index (χ3n) is 4.02. The number of thioether (sulfide) groups is 1. The Morgan fingerprint density at radius 3 is 2.33 bits per heavy atom. The summed E-state index contributed by atoms with van der Waals surface area (Å²) in [5.74, 6) is -0.446. The molecule has 2 fully saturated rings. The van der Waals surface area contributed by atoms with Gasteiger partial charge in [0.1, 0.15) is 5.25 Å². The second-order valence-corrected chi connectivity index (χ2v) is 6.72. The van der Waals surface area contributed by atoms with Crippen molar-refractivity contribution in [3.8, 4) is 0 Å². The van der Waals surface area contributed by atoms with Crippen LogP contribution in [0.2, 0.25) is 0 Å². The molecule has 1 aromatic rings. The minimum atomic E-state index is -0.592. The summed E-state index contributed by atoms with van der Waals surface area (Å²) in [5.41, 5.74) is 7.50. The van der Waals surface area contributed by atoms with E-state index in [0.29, 0.717) is 13.1 Å². The molecule has 0 spiro atoms. The van der Waals surface area contributed by atoms with Crippen molar-refractivity contribution in [2.75, 3.05) is 36.8 Å². The molecule has 0 bridgehead atoms. The van der Waals surface area contributed by atoms with Crippen LogP contribution in [-0.4, -0.2) is 53.4 Å². The van der Waals surface area contributed by atoms with Crippen LogP contribution in [0.15, 0.2) is 24.3 Å². The molecule has 2 saturated heterocycles. The lowest BCUT2D eigenvalue weighted by Gasteiger charge is -2.36. The predicted octanol–water partition coefficient (Wildman–Crippen LogP) is 1.08. The number of nitrogens with two attached hydrogens (primary N) is 1. The number of imide groups is 1. The first-order valence-electron chi connectivity index (χ1n) is 7.42. The van der Waals surface area contributed by atoms with Gasteiger partial charge in [-0.05, 0) is 24.3 Å². The molecule has 3 N–H and O–H groups in total. The van der Waals surface area contributed by atoms with Crippen LogP contribution in [0.25, 0.3) is 0 Å². The highest BCUT2D eigenvalue weighted by Gasteiger charge is 2.34. The molecule has 0 aliphatic carbocycles. The number of nitrogens with one attached hydrogen (secondary N) is 1. The van der Waals surface area contributed by atoms with Crippen molar-refractivity contribution in [2.24, 2.45) is 0 Å². The van der Waals surface area contributed by atoms with Crippen LogP contribution in [-0.2, 0) is 9.59 Å². The third-order valence-corrected chi connectivity index (χ3v) is 5.00. The normalized spacial score (nSPS) is 20.6. The SMILES string of the molecule is Cl.Nc1ccc(N2CCN(C(=O)CC3SC(=O)NC3=O)CC2)cc1. The highest BCUT2D eigenvalue weighted by Crippen LogP contribution is 2.23. The van der Waals surface area contributed by atoms with E-state index in [2.05, 4.69) is 10.2 Å². The Balaban J connectivity index is 0.00000208. The molecule has 0 aromatic heterocycles. The van der Waals surface area contributed by atoms with Gasteiger partial charge in [0.05, 0.1) is 0 Å². The van der Waals surface area contributed by atoms with Crippen LogP contribution in [0.3, 0.4) is 0 Å². The largest absolute Gasteiger partial charge is 0.399 e. The van der Waals surface area contributed by atoms with Crippen LogP contribution < -0.4 is 16.0 Å². The maximum absolute atomic E-state index is 12.3. The summed E-state index contributed by atoms with van der Waals surface area (Å²) in [6.45, 7) is 2.68. The van der Waals surface area contributed by atoms with Gasteiger partial charge in [-0.2, -0.15) is 0 Å². The van der Waals surface area contributed by atoms with Crippen LogP contribution in [0.5, 0.6) is 0 Å². The molecule has 0 radical (unpaired) electrons. The summed E-state index contributed by atoms with van der Waals surface area (Å²) in [5, 5.41) is 1.24. The van der Waals surface area contributed by atoms with Gasteiger partial charge in [-0.25, -0.2) is 0 Å². The van der Waals surface area contributed by atoms with Crippen LogP contribution in [0.4, 0.5) is 16.2 Å². The lowest BCUT2D eigenvalue weighted by atomic mass is 10.2. The summed E-state index contributed by atoms with van der Waals surface area (Å²) < 4.78 is 0. The highest BCUT2D eigenvalue weighted by molar-refractivity contribution is 8.15. The number of hydrogen-bond acceptors (Lipinski definition) is 6. The van der Waals surface area contributed by atoms with Crippen molar-refractivity contribution in [3.05, 3.63) is 24.3 Å². The molecule has 1 atom stereocenters. The molecule has 130 valence electrons. The molecule has 1 aromatic carbocycles. The van der Waals surface area contributed by atoms with E-state index in [4.69, 9.17) is 5.73 Å². The van der Waals surface area contributed by atoms with Gasteiger partial charge < -0.3 is 15.5 Å². The number of carbonyl (C=O) groups is 3. The first kappa shape index (κ1) is 18.4. The van der Waals surface area contributed by atoms with Crippen LogP contribution in [0.1, 0.15) is 6.42 Å². The first-order valence-corrected chi connectivity index (χ1v) is 8.30. The number of carbonyl (C=O) groups excluding carboxylic acids is 3. The molecule has 2 heterocycles. The van der Waals surface area contributed by atoms with E-state index in [1.54, 1.807) is 4.90 Å². The number of benzene rings is 1. The molecular formula is C15H19ClN4O3S. The second-order valence-electron chi connectivity index (χ2n) is 5.55. The van der Waals surface area contributed by atoms with E-state index >= 15 is 0 Å². The fraction of sp³-hybridized carbons (Fsp3) is 0.400. The number of anilines is 2. The van der Waals surface area contributed by atoms with Crippen LogP contribution in [0, 0.1) is 0 Å². The molecule has 2 aliphatic heterocycles. The second kappa shape index (κ2) is 7.76. The Kier molecular flexibility index (Phi) is 5.95.